The van der Waals surface area contributed by atoms with Crippen LogP contribution in [0.4, 0.5) is 5.69 Å². The number of aliphatic carboxylic acids is 1. The van der Waals surface area contributed by atoms with E-state index in [9.17, 15) is 14.7 Å². The Bertz CT molecular complexity index is 545. The predicted octanol–water partition coefficient (Wildman–Crippen LogP) is 0.537. The number of para-hydroxylation sites is 1. The van der Waals surface area contributed by atoms with Gasteiger partial charge in [0.25, 0.3) is 5.91 Å². The summed E-state index contributed by atoms with van der Waals surface area (Å²) in [4.78, 5) is 26.4. The number of carbonyl (C=O) groups is 2. The zero-order valence-corrected chi connectivity index (χ0v) is 12.1. The summed E-state index contributed by atoms with van der Waals surface area (Å²) in [7, 11) is 0. The second kappa shape index (κ2) is 5.58. The van der Waals surface area contributed by atoms with E-state index in [-0.39, 0.29) is 18.4 Å². The van der Waals surface area contributed by atoms with Crippen LogP contribution in [0.1, 0.15) is 20.3 Å². The first-order valence-corrected chi connectivity index (χ1v) is 6.75. The minimum Gasteiger partial charge on any atom is -0.550 e. The van der Waals surface area contributed by atoms with Gasteiger partial charge in [0.2, 0.25) is 0 Å². The number of hydrogen-bond donors (Lipinski definition) is 0. The van der Waals surface area contributed by atoms with Crippen molar-refractivity contribution in [1.82, 2.24) is 4.90 Å². The Kier molecular flexibility index (Phi) is 4.04. The highest BCUT2D eigenvalue weighted by atomic mass is 32.1. The number of nitrogens with zero attached hydrogens (tertiary/aromatic N) is 2. The molecule has 1 aliphatic heterocycles. The summed E-state index contributed by atoms with van der Waals surface area (Å²) in [6.07, 6.45) is -0.361. The fraction of sp³-hybridized carbons (Fsp3) is 0.357. The number of carbonyl (C=O) groups excluding carboxylic acids is 2. The molecular formula is C14H15N2O3S-. The van der Waals surface area contributed by atoms with E-state index in [1.165, 1.54) is 4.90 Å². The highest BCUT2D eigenvalue weighted by molar-refractivity contribution is 7.80. The van der Waals surface area contributed by atoms with E-state index in [1.807, 2.05) is 19.9 Å². The zero-order chi connectivity index (χ0) is 14.9. The quantitative estimate of drug-likeness (QED) is 0.758. The van der Waals surface area contributed by atoms with Crippen LogP contribution in [0.5, 0.6) is 0 Å². The highest BCUT2D eigenvalue weighted by Gasteiger charge is 2.44. The van der Waals surface area contributed by atoms with E-state index in [0.717, 1.165) is 0 Å². The first-order valence-electron chi connectivity index (χ1n) is 6.34. The Morgan fingerprint density at radius 3 is 2.45 bits per heavy atom. The summed E-state index contributed by atoms with van der Waals surface area (Å²) in [5.74, 6) is -1.58. The third-order valence-corrected chi connectivity index (χ3v) is 3.58. The maximum atomic E-state index is 12.5. The van der Waals surface area contributed by atoms with Crippen LogP contribution in [-0.4, -0.2) is 34.0 Å². The summed E-state index contributed by atoms with van der Waals surface area (Å²) in [5, 5.41) is 11.2. The van der Waals surface area contributed by atoms with E-state index < -0.39 is 12.0 Å². The van der Waals surface area contributed by atoms with Gasteiger partial charge in [-0.25, -0.2) is 0 Å². The number of thiocarbonyl (C=S) groups is 1. The molecule has 5 nitrogen and oxygen atoms in total. The molecule has 1 atom stereocenters. The molecule has 1 aromatic carbocycles. The number of benzene rings is 1. The van der Waals surface area contributed by atoms with Gasteiger partial charge in [0.15, 0.2) is 5.11 Å². The van der Waals surface area contributed by atoms with Crippen molar-refractivity contribution in [2.24, 2.45) is 0 Å². The van der Waals surface area contributed by atoms with E-state index in [2.05, 4.69) is 0 Å². The summed E-state index contributed by atoms with van der Waals surface area (Å²) in [6, 6.07) is 8.12. The molecule has 106 valence electrons. The van der Waals surface area contributed by atoms with Gasteiger partial charge in [-0.15, -0.1) is 0 Å². The molecule has 1 amide bonds. The minimum absolute atomic E-state index is 0.0653. The second-order valence-electron chi connectivity index (χ2n) is 4.88. The van der Waals surface area contributed by atoms with Crippen LogP contribution >= 0.6 is 12.2 Å². The van der Waals surface area contributed by atoms with Gasteiger partial charge in [0.05, 0.1) is 5.69 Å². The highest BCUT2D eigenvalue weighted by Crippen LogP contribution is 2.28. The molecule has 0 spiro atoms. The third kappa shape index (κ3) is 2.51. The molecule has 1 saturated heterocycles. The molecule has 0 aliphatic carbocycles. The van der Waals surface area contributed by atoms with Crippen molar-refractivity contribution in [3.05, 3.63) is 30.3 Å². The van der Waals surface area contributed by atoms with E-state index in [1.54, 1.807) is 29.2 Å². The van der Waals surface area contributed by atoms with Crippen LogP contribution in [0.3, 0.4) is 0 Å². The van der Waals surface area contributed by atoms with E-state index in [0.29, 0.717) is 10.8 Å². The molecule has 0 bridgehead atoms. The number of carboxylic acid groups (broad SMARTS) is 1. The minimum atomic E-state index is -1.26. The number of anilines is 1. The van der Waals surface area contributed by atoms with E-state index >= 15 is 0 Å². The fourth-order valence-electron chi connectivity index (χ4n) is 2.35. The largest absolute Gasteiger partial charge is 0.550 e. The number of rotatable bonds is 4. The third-order valence-electron chi connectivity index (χ3n) is 3.18. The van der Waals surface area contributed by atoms with Gasteiger partial charge in [-0.2, -0.15) is 0 Å². The Hall–Kier alpha value is -1.95. The number of hydrogen-bond acceptors (Lipinski definition) is 4. The number of amides is 1. The normalized spacial score (nSPS) is 19.1. The maximum Gasteiger partial charge on any atom is 0.256 e. The molecule has 0 radical (unpaired) electrons. The molecule has 1 aromatic rings. The first kappa shape index (κ1) is 14.5. The molecule has 1 aliphatic rings. The molecule has 0 saturated carbocycles. The summed E-state index contributed by atoms with van der Waals surface area (Å²) < 4.78 is 0. The number of carboxylic acids is 1. The van der Waals surface area contributed by atoms with Crippen molar-refractivity contribution < 1.29 is 14.7 Å². The van der Waals surface area contributed by atoms with Gasteiger partial charge >= 0.3 is 0 Å². The average molecular weight is 291 g/mol. The molecular weight excluding hydrogens is 276 g/mol. The Morgan fingerprint density at radius 2 is 1.95 bits per heavy atom. The van der Waals surface area contributed by atoms with Gasteiger partial charge < -0.3 is 14.8 Å². The lowest BCUT2D eigenvalue weighted by Gasteiger charge is -2.28. The van der Waals surface area contributed by atoms with Crippen LogP contribution in [0.25, 0.3) is 0 Å². The van der Waals surface area contributed by atoms with Gasteiger partial charge in [-0.05, 0) is 38.2 Å². The van der Waals surface area contributed by atoms with Crippen molar-refractivity contribution in [2.45, 2.75) is 32.4 Å². The average Bonchev–Trinajstić information content (AvgIpc) is 2.61. The molecule has 6 heteroatoms. The Morgan fingerprint density at radius 1 is 1.35 bits per heavy atom. The lowest BCUT2D eigenvalue weighted by Crippen LogP contribution is -2.43. The van der Waals surface area contributed by atoms with Crippen LogP contribution in [0.2, 0.25) is 0 Å². The molecule has 2 rings (SSSR count). The fourth-order valence-corrected chi connectivity index (χ4v) is 2.88. The smallest absolute Gasteiger partial charge is 0.256 e. The topological polar surface area (TPSA) is 63.7 Å². The molecule has 1 fully saturated rings. The molecule has 1 heterocycles. The molecule has 0 aromatic heterocycles. The lowest BCUT2D eigenvalue weighted by atomic mass is 10.1. The Labute approximate surface area is 122 Å². The lowest BCUT2D eigenvalue weighted by molar-refractivity contribution is -0.306. The second-order valence-corrected chi connectivity index (χ2v) is 5.25. The molecule has 20 heavy (non-hydrogen) atoms. The standard InChI is InChI=1S/C14H16N2O3S/c1-9(2)15-11(8-12(17)18)13(19)16(14(15)20)10-6-4-3-5-7-10/h3-7,9,11H,8H2,1-2H3,(H,17,18)/p-1/t11-/m0/s1. The van der Waals surface area contributed by atoms with E-state index in [4.69, 9.17) is 12.2 Å². The summed E-state index contributed by atoms with van der Waals surface area (Å²) in [5.41, 5.74) is 0.647. The first-order chi connectivity index (χ1) is 9.43. The van der Waals surface area contributed by atoms with Crippen LogP contribution < -0.4 is 10.0 Å². The van der Waals surface area contributed by atoms with Crippen molar-refractivity contribution >= 4 is 34.9 Å². The Balaban J connectivity index is 2.39. The monoisotopic (exact) mass is 291 g/mol. The van der Waals surface area contributed by atoms with Crippen LogP contribution in [0, 0.1) is 0 Å². The van der Waals surface area contributed by atoms with Crippen LogP contribution in [-0.2, 0) is 9.59 Å². The van der Waals surface area contributed by atoms with Gasteiger partial charge in [0, 0.05) is 18.4 Å². The molecule has 0 N–H and O–H groups in total. The predicted molar refractivity (Wildman–Crippen MR) is 76.9 cm³/mol. The van der Waals surface area contributed by atoms with Crippen LogP contribution in [0.15, 0.2) is 30.3 Å². The van der Waals surface area contributed by atoms with Gasteiger partial charge in [0.1, 0.15) is 6.04 Å². The molecule has 0 unspecified atom stereocenters. The maximum absolute atomic E-state index is 12.5. The van der Waals surface area contributed by atoms with Crippen molar-refractivity contribution in [2.75, 3.05) is 4.90 Å². The van der Waals surface area contributed by atoms with Crippen molar-refractivity contribution in [1.29, 1.82) is 0 Å². The van der Waals surface area contributed by atoms with Crippen molar-refractivity contribution in [3.8, 4) is 0 Å². The van der Waals surface area contributed by atoms with Crippen molar-refractivity contribution in [3.63, 3.8) is 0 Å². The van der Waals surface area contributed by atoms with Gasteiger partial charge in [-0.1, -0.05) is 18.2 Å². The van der Waals surface area contributed by atoms with Gasteiger partial charge in [-0.3, -0.25) is 9.69 Å². The summed E-state index contributed by atoms with van der Waals surface area (Å²) >= 11 is 5.34. The SMILES string of the molecule is CC(C)N1C(=S)N(c2ccccc2)C(=O)[C@@H]1CC(=O)[O-]. The summed E-state index contributed by atoms with van der Waals surface area (Å²) in [6.45, 7) is 3.74. The zero-order valence-electron chi connectivity index (χ0n) is 11.3.